The first-order valence-electron chi connectivity index (χ1n) is 9.29. The number of rotatable bonds is 3. The standard InChI is InChI=1S/C20H25N3O2/c24-18-20(11-5-2-6-12-20)21-19(25)23(18)15-22-13-9-17(10-14-22)16-7-3-1-4-8-16/h1,3-4,7-9H,2,5-6,10-15H2,(H,21,25). The minimum Gasteiger partial charge on any atom is -0.323 e. The Kier molecular flexibility index (Phi) is 4.34. The Morgan fingerprint density at radius 1 is 1.04 bits per heavy atom. The van der Waals surface area contributed by atoms with Gasteiger partial charge in [-0.25, -0.2) is 9.69 Å². The van der Waals surface area contributed by atoms with Crippen molar-refractivity contribution < 1.29 is 9.59 Å². The molecule has 1 N–H and O–H groups in total. The van der Waals surface area contributed by atoms with E-state index in [0.29, 0.717) is 6.67 Å². The van der Waals surface area contributed by atoms with E-state index in [1.54, 1.807) is 0 Å². The molecule has 1 aliphatic carbocycles. The van der Waals surface area contributed by atoms with Crippen molar-refractivity contribution in [3.05, 3.63) is 42.0 Å². The summed E-state index contributed by atoms with van der Waals surface area (Å²) in [6, 6.07) is 10.2. The summed E-state index contributed by atoms with van der Waals surface area (Å²) >= 11 is 0. The fraction of sp³-hybridized carbons (Fsp3) is 0.500. The summed E-state index contributed by atoms with van der Waals surface area (Å²) in [6.45, 7) is 2.03. The molecule has 1 spiro atoms. The molecule has 5 nitrogen and oxygen atoms in total. The van der Waals surface area contributed by atoms with Gasteiger partial charge >= 0.3 is 6.03 Å². The van der Waals surface area contributed by atoms with Gasteiger partial charge in [0.25, 0.3) is 5.91 Å². The molecule has 0 radical (unpaired) electrons. The Balaban J connectivity index is 1.41. The molecule has 1 aromatic carbocycles. The molecular weight excluding hydrogens is 314 g/mol. The van der Waals surface area contributed by atoms with Gasteiger partial charge in [-0.3, -0.25) is 9.69 Å². The number of urea groups is 1. The molecule has 3 aliphatic rings. The largest absolute Gasteiger partial charge is 0.326 e. The molecule has 0 aromatic heterocycles. The van der Waals surface area contributed by atoms with E-state index in [9.17, 15) is 9.59 Å². The zero-order valence-corrected chi connectivity index (χ0v) is 14.5. The minimum absolute atomic E-state index is 0.0185. The second-order valence-electron chi connectivity index (χ2n) is 7.37. The third kappa shape index (κ3) is 3.09. The number of nitrogens with one attached hydrogen (secondary N) is 1. The second kappa shape index (κ2) is 6.64. The van der Waals surface area contributed by atoms with Crippen LogP contribution in [0.5, 0.6) is 0 Å². The lowest BCUT2D eigenvalue weighted by Gasteiger charge is -2.32. The van der Waals surface area contributed by atoms with E-state index >= 15 is 0 Å². The van der Waals surface area contributed by atoms with Crippen LogP contribution < -0.4 is 5.32 Å². The summed E-state index contributed by atoms with van der Waals surface area (Å²) in [5, 5.41) is 2.99. The number of hydrogen-bond donors (Lipinski definition) is 1. The zero-order chi connectivity index (χ0) is 17.3. The lowest BCUT2D eigenvalue weighted by molar-refractivity contribution is -0.133. The number of nitrogens with zero attached hydrogens (tertiary/aromatic N) is 2. The highest BCUT2D eigenvalue weighted by atomic mass is 16.2. The molecule has 0 unspecified atom stereocenters. The molecule has 4 rings (SSSR count). The molecule has 3 amide bonds. The predicted octanol–water partition coefficient (Wildman–Crippen LogP) is 2.99. The fourth-order valence-electron chi connectivity index (χ4n) is 4.25. The Morgan fingerprint density at radius 2 is 1.80 bits per heavy atom. The van der Waals surface area contributed by atoms with Gasteiger partial charge in [-0.05, 0) is 30.4 Å². The average Bonchev–Trinajstić information content (AvgIpc) is 2.88. The van der Waals surface area contributed by atoms with Gasteiger partial charge in [0.2, 0.25) is 0 Å². The maximum absolute atomic E-state index is 12.9. The summed E-state index contributed by atoms with van der Waals surface area (Å²) in [6.07, 6.45) is 7.92. The van der Waals surface area contributed by atoms with Crippen LogP contribution in [-0.2, 0) is 4.79 Å². The number of benzene rings is 1. The zero-order valence-electron chi connectivity index (χ0n) is 14.5. The van der Waals surface area contributed by atoms with E-state index in [0.717, 1.165) is 51.6 Å². The van der Waals surface area contributed by atoms with E-state index in [1.165, 1.54) is 16.0 Å². The molecule has 2 fully saturated rings. The minimum atomic E-state index is -0.615. The monoisotopic (exact) mass is 339 g/mol. The summed E-state index contributed by atoms with van der Waals surface area (Å²) < 4.78 is 0. The third-order valence-electron chi connectivity index (χ3n) is 5.73. The second-order valence-corrected chi connectivity index (χ2v) is 7.37. The fourth-order valence-corrected chi connectivity index (χ4v) is 4.25. The van der Waals surface area contributed by atoms with E-state index < -0.39 is 5.54 Å². The smallest absolute Gasteiger partial charge is 0.323 e. The highest BCUT2D eigenvalue weighted by Gasteiger charge is 2.51. The van der Waals surface area contributed by atoms with Gasteiger partial charge in [0.05, 0.1) is 6.67 Å². The van der Waals surface area contributed by atoms with Crippen LogP contribution in [-0.4, -0.2) is 47.0 Å². The van der Waals surface area contributed by atoms with Gasteiger partial charge in [-0.2, -0.15) is 0 Å². The molecule has 2 aliphatic heterocycles. The van der Waals surface area contributed by atoms with E-state index in [2.05, 4.69) is 40.6 Å². The highest BCUT2D eigenvalue weighted by molar-refractivity contribution is 6.07. The predicted molar refractivity (Wildman–Crippen MR) is 96.7 cm³/mol. The number of hydrogen-bond acceptors (Lipinski definition) is 3. The van der Waals surface area contributed by atoms with Crippen molar-refractivity contribution in [3.8, 4) is 0 Å². The Hall–Kier alpha value is -2.14. The van der Waals surface area contributed by atoms with Gasteiger partial charge in [0, 0.05) is 13.1 Å². The first-order chi connectivity index (χ1) is 12.2. The molecule has 1 saturated heterocycles. The Bertz CT molecular complexity index is 692. The topological polar surface area (TPSA) is 52.7 Å². The molecule has 25 heavy (non-hydrogen) atoms. The number of imide groups is 1. The molecule has 1 saturated carbocycles. The SMILES string of the molecule is O=C1NC2(CCCCC2)C(=O)N1CN1CC=C(c2ccccc2)CC1. The van der Waals surface area contributed by atoms with Crippen molar-refractivity contribution in [2.45, 2.75) is 44.1 Å². The summed E-state index contributed by atoms with van der Waals surface area (Å²) in [7, 11) is 0. The van der Waals surface area contributed by atoms with Crippen LogP contribution in [0.2, 0.25) is 0 Å². The number of amides is 3. The molecule has 0 bridgehead atoms. The maximum atomic E-state index is 12.9. The molecular formula is C20H25N3O2. The lowest BCUT2D eigenvalue weighted by Crippen LogP contribution is -2.49. The number of carbonyl (C=O) groups excluding carboxylic acids is 2. The molecule has 2 heterocycles. The van der Waals surface area contributed by atoms with Crippen molar-refractivity contribution >= 4 is 17.5 Å². The van der Waals surface area contributed by atoms with Crippen LogP contribution in [0.4, 0.5) is 4.79 Å². The summed E-state index contributed by atoms with van der Waals surface area (Å²) in [4.78, 5) is 28.8. The highest BCUT2D eigenvalue weighted by Crippen LogP contribution is 2.34. The van der Waals surface area contributed by atoms with Crippen LogP contribution >= 0.6 is 0 Å². The van der Waals surface area contributed by atoms with Crippen molar-refractivity contribution in [1.29, 1.82) is 0 Å². The van der Waals surface area contributed by atoms with Gasteiger partial charge in [-0.1, -0.05) is 55.7 Å². The number of carbonyl (C=O) groups is 2. The average molecular weight is 339 g/mol. The Morgan fingerprint density at radius 3 is 2.48 bits per heavy atom. The van der Waals surface area contributed by atoms with Crippen molar-refractivity contribution in [3.63, 3.8) is 0 Å². The molecule has 5 heteroatoms. The van der Waals surface area contributed by atoms with E-state index in [4.69, 9.17) is 0 Å². The van der Waals surface area contributed by atoms with Crippen LogP contribution in [0.1, 0.15) is 44.1 Å². The van der Waals surface area contributed by atoms with Crippen molar-refractivity contribution in [2.24, 2.45) is 0 Å². The third-order valence-corrected chi connectivity index (χ3v) is 5.73. The molecule has 1 aromatic rings. The summed E-state index contributed by atoms with van der Waals surface area (Å²) in [5.74, 6) is -0.0185. The maximum Gasteiger partial charge on any atom is 0.326 e. The van der Waals surface area contributed by atoms with Gasteiger partial charge in [-0.15, -0.1) is 0 Å². The lowest BCUT2D eigenvalue weighted by atomic mass is 9.82. The first kappa shape index (κ1) is 16.3. The Labute approximate surface area is 148 Å². The normalized spacial score (nSPS) is 23.7. The quantitative estimate of drug-likeness (QED) is 0.862. The summed E-state index contributed by atoms with van der Waals surface area (Å²) in [5.41, 5.74) is 1.99. The van der Waals surface area contributed by atoms with Crippen molar-refractivity contribution in [2.75, 3.05) is 19.8 Å². The van der Waals surface area contributed by atoms with Gasteiger partial charge in [0.1, 0.15) is 5.54 Å². The van der Waals surface area contributed by atoms with Crippen LogP contribution in [0.3, 0.4) is 0 Å². The van der Waals surface area contributed by atoms with Crippen molar-refractivity contribution in [1.82, 2.24) is 15.1 Å². The van der Waals surface area contributed by atoms with Crippen LogP contribution in [0.15, 0.2) is 36.4 Å². The van der Waals surface area contributed by atoms with E-state index in [1.807, 2.05) is 6.07 Å². The first-order valence-corrected chi connectivity index (χ1v) is 9.29. The molecule has 0 atom stereocenters. The van der Waals surface area contributed by atoms with Crippen LogP contribution in [0.25, 0.3) is 5.57 Å². The van der Waals surface area contributed by atoms with Gasteiger partial charge in [0.15, 0.2) is 0 Å². The van der Waals surface area contributed by atoms with Gasteiger partial charge < -0.3 is 5.32 Å². The van der Waals surface area contributed by atoms with E-state index in [-0.39, 0.29) is 11.9 Å². The molecule has 132 valence electrons. The van der Waals surface area contributed by atoms with Crippen LogP contribution in [0, 0.1) is 0 Å².